The van der Waals surface area contributed by atoms with E-state index < -0.39 is 0 Å². The normalized spacial score (nSPS) is 21.8. The maximum absolute atomic E-state index is 11.3. The van der Waals surface area contributed by atoms with Crippen LogP contribution in [-0.2, 0) is 4.79 Å². The van der Waals surface area contributed by atoms with Crippen molar-refractivity contribution in [3.05, 3.63) is 40.0 Å². The molecule has 1 atom stereocenters. The van der Waals surface area contributed by atoms with Crippen molar-refractivity contribution in [3.63, 3.8) is 0 Å². The van der Waals surface area contributed by atoms with E-state index in [1.54, 1.807) is 6.20 Å². The molecule has 0 saturated heterocycles. The molecule has 0 spiro atoms. The van der Waals surface area contributed by atoms with Crippen molar-refractivity contribution in [3.8, 4) is 0 Å². The fraction of sp³-hybridized carbons (Fsp3) is 0.100. The van der Waals surface area contributed by atoms with E-state index in [1.165, 1.54) is 0 Å². The Kier molecular flexibility index (Phi) is 1.76. The van der Waals surface area contributed by atoms with Gasteiger partial charge in [0.1, 0.15) is 6.04 Å². The lowest BCUT2D eigenvalue weighted by Crippen LogP contribution is -2.11. The summed E-state index contributed by atoms with van der Waals surface area (Å²) < 4.78 is 0.971. The van der Waals surface area contributed by atoms with Crippen LogP contribution in [0.1, 0.15) is 11.6 Å². The maximum atomic E-state index is 11.3. The third kappa shape index (κ3) is 1.23. The third-order valence-corrected chi connectivity index (χ3v) is 2.99. The van der Waals surface area contributed by atoms with Gasteiger partial charge in [-0.15, -0.1) is 5.11 Å². The van der Waals surface area contributed by atoms with E-state index in [1.807, 2.05) is 18.2 Å². The fourth-order valence-electron chi connectivity index (χ4n) is 1.76. The lowest BCUT2D eigenvalue weighted by molar-refractivity contribution is -0.114. The van der Waals surface area contributed by atoms with Gasteiger partial charge in [-0.05, 0) is 18.2 Å². The molecule has 15 heavy (non-hydrogen) atoms. The van der Waals surface area contributed by atoms with E-state index >= 15 is 0 Å². The maximum Gasteiger partial charge on any atom is 0.295 e. The molecule has 4 nitrogen and oxygen atoms in total. The highest BCUT2D eigenvalue weighted by molar-refractivity contribution is 9.10. The first-order chi connectivity index (χ1) is 7.25. The molecule has 0 aromatic heterocycles. The molecule has 2 heterocycles. The largest absolute Gasteiger partial charge is 0.361 e. The summed E-state index contributed by atoms with van der Waals surface area (Å²) in [5.74, 6) is -0.252. The summed E-state index contributed by atoms with van der Waals surface area (Å²) in [6, 6.07) is 5.62. The number of nitrogens with one attached hydrogen (secondary N) is 1. The van der Waals surface area contributed by atoms with Gasteiger partial charge in [0.2, 0.25) is 0 Å². The summed E-state index contributed by atoms with van der Waals surface area (Å²) in [6.45, 7) is 0. The van der Waals surface area contributed by atoms with Crippen LogP contribution in [0.4, 0.5) is 5.69 Å². The molecule has 0 bridgehead atoms. The molecular formula is C10H6BrN3O. The van der Waals surface area contributed by atoms with Gasteiger partial charge in [-0.2, -0.15) is 5.11 Å². The Morgan fingerprint density at radius 1 is 1.40 bits per heavy atom. The number of hydrogen-bond donors (Lipinski definition) is 1. The summed E-state index contributed by atoms with van der Waals surface area (Å²) in [6.07, 6.45) is 1.68. The number of azo groups is 1. The Balaban J connectivity index is 2.17. The highest BCUT2D eigenvalue weighted by atomic mass is 79.9. The van der Waals surface area contributed by atoms with Crippen molar-refractivity contribution >= 4 is 27.5 Å². The van der Waals surface area contributed by atoms with E-state index in [0.717, 1.165) is 15.7 Å². The topological polar surface area (TPSA) is 53.8 Å². The summed E-state index contributed by atoms with van der Waals surface area (Å²) in [5.41, 5.74) is 2.57. The number of amides is 1. The van der Waals surface area contributed by atoms with Crippen LogP contribution in [0.15, 0.2) is 44.7 Å². The quantitative estimate of drug-likeness (QED) is 0.783. The predicted molar refractivity (Wildman–Crippen MR) is 58.5 cm³/mol. The molecule has 5 heteroatoms. The molecule has 1 aromatic rings. The summed E-state index contributed by atoms with van der Waals surface area (Å²) in [7, 11) is 0. The van der Waals surface area contributed by atoms with Crippen LogP contribution in [0.5, 0.6) is 0 Å². The minimum absolute atomic E-state index is 0.230. The molecule has 1 amide bonds. The minimum atomic E-state index is -0.252. The van der Waals surface area contributed by atoms with Crippen LogP contribution >= 0.6 is 15.9 Å². The van der Waals surface area contributed by atoms with E-state index in [0.29, 0.717) is 5.57 Å². The van der Waals surface area contributed by atoms with Crippen molar-refractivity contribution in [2.75, 3.05) is 5.32 Å². The van der Waals surface area contributed by atoms with Crippen molar-refractivity contribution in [1.82, 2.24) is 0 Å². The molecular weight excluding hydrogens is 258 g/mol. The summed E-state index contributed by atoms with van der Waals surface area (Å²) >= 11 is 3.40. The zero-order valence-corrected chi connectivity index (χ0v) is 9.15. The highest BCUT2D eigenvalue weighted by Crippen LogP contribution is 2.40. The number of fused-ring (bicyclic) bond motifs is 3. The van der Waals surface area contributed by atoms with Gasteiger partial charge in [0, 0.05) is 21.9 Å². The van der Waals surface area contributed by atoms with Gasteiger partial charge in [-0.1, -0.05) is 15.9 Å². The lowest BCUT2D eigenvalue weighted by Gasteiger charge is -2.19. The van der Waals surface area contributed by atoms with Gasteiger partial charge in [0.05, 0.1) is 5.57 Å². The van der Waals surface area contributed by atoms with E-state index in [2.05, 4.69) is 31.5 Å². The molecule has 0 aliphatic carbocycles. The average molecular weight is 264 g/mol. The van der Waals surface area contributed by atoms with Gasteiger partial charge in [0.25, 0.3) is 5.91 Å². The van der Waals surface area contributed by atoms with Crippen LogP contribution in [0.2, 0.25) is 0 Å². The molecule has 1 unspecified atom stereocenters. The van der Waals surface area contributed by atoms with Crippen molar-refractivity contribution in [2.45, 2.75) is 6.04 Å². The molecule has 0 radical (unpaired) electrons. The predicted octanol–water partition coefficient (Wildman–Crippen LogP) is 2.79. The van der Waals surface area contributed by atoms with Crippen LogP contribution in [0.25, 0.3) is 0 Å². The first-order valence-electron chi connectivity index (χ1n) is 4.47. The Labute approximate surface area is 94.2 Å². The number of benzene rings is 1. The highest BCUT2D eigenvalue weighted by Gasteiger charge is 2.32. The number of anilines is 1. The second-order valence-electron chi connectivity index (χ2n) is 3.40. The molecule has 2 aliphatic heterocycles. The summed E-state index contributed by atoms with van der Waals surface area (Å²) in [5, 5.41) is 10.6. The van der Waals surface area contributed by atoms with Crippen molar-refractivity contribution < 1.29 is 4.79 Å². The van der Waals surface area contributed by atoms with Gasteiger partial charge < -0.3 is 5.32 Å². The van der Waals surface area contributed by atoms with Crippen molar-refractivity contribution in [2.24, 2.45) is 10.2 Å². The number of carbonyl (C=O) groups is 1. The molecule has 1 N–H and O–H groups in total. The molecule has 74 valence electrons. The number of carbonyl (C=O) groups excluding carboxylic acids is 1. The first kappa shape index (κ1) is 8.79. The Bertz CT molecular complexity index is 521. The van der Waals surface area contributed by atoms with E-state index in [-0.39, 0.29) is 11.9 Å². The Morgan fingerprint density at radius 2 is 2.27 bits per heavy atom. The van der Waals surface area contributed by atoms with Crippen LogP contribution in [-0.4, -0.2) is 5.91 Å². The van der Waals surface area contributed by atoms with E-state index in [9.17, 15) is 4.79 Å². The average Bonchev–Trinajstić information content (AvgIpc) is 2.61. The van der Waals surface area contributed by atoms with Gasteiger partial charge >= 0.3 is 0 Å². The number of rotatable bonds is 0. The third-order valence-electron chi connectivity index (χ3n) is 2.50. The zero-order chi connectivity index (χ0) is 10.4. The Morgan fingerprint density at radius 3 is 3.13 bits per heavy atom. The van der Waals surface area contributed by atoms with Gasteiger partial charge in [0.15, 0.2) is 0 Å². The minimum Gasteiger partial charge on any atom is -0.361 e. The molecule has 3 rings (SSSR count). The second kappa shape index (κ2) is 3.00. The number of halogens is 1. The Hall–Kier alpha value is -1.49. The van der Waals surface area contributed by atoms with Crippen LogP contribution < -0.4 is 5.32 Å². The van der Waals surface area contributed by atoms with Gasteiger partial charge in [-0.3, -0.25) is 4.79 Å². The molecule has 1 aromatic carbocycles. The molecule has 2 aliphatic rings. The second-order valence-corrected chi connectivity index (χ2v) is 4.31. The fourth-order valence-corrected chi connectivity index (χ4v) is 2.14. The van der Waals surface area contributed by atoms with E-state index in [4.69, 9.17) is 0 Å². The molecule has 0 fully saturated rings. The molecule has 0 saturated carbocycles. The first-order valence-corrected chi connectivity index (χ1v) is 5.26. The number of nitrogens with zero attached hydrogens (tertiary/aromatic N) is 2. The van der Waals surface area contributed by atoms with Crippen LogP contribution in [0.3, 0.4) is 0 Å². The summed E-state index contributed by atoms with van der Waals surface area (Å²) in [4.78, 5) is 11.3. The number of hydrogen-bond acceptors (Lipinski definition) is 3. The van der Waals surface area contributed by atoms with Crippen LogP contribution in [0, 0.1) is 0 Å². The van der Waals surface area contributed by atoms with Crippen molar-refractivity contribution in [1.29, 1.82) is 0 Å². The lowest BCUT2D eigenvalue weighted by atomic mass is 9.96. The smallest absolute Gasteiger partial charge is 0.295 e. The van der Waals surface area contributed by atoms with Gasteiger partial charge in [-0.25, -0.2) is 0 Å². The zero-order valence-electron chi connectivity index (χ0n) is 7.57. The monoisotopic (exact) mass is 263 g/mol. The SMILES string of the molecule is O=C1N=NC2C1=CNc1ccc(Br)cc12. The standard InChI is InChI=1S/C10H6BrN3O/c11-5-1-2-8-6(3-5)9-7(4-12-8)10(15)14-13-9/h1-4,9,12H.